The van der Waals surface area contributed by atoms with Gasteiger partial charge in [-0.2, -0.15) is 0 Å². The number of hydrogen-bond donors (Lipinski definition) is 1. The van der Waals surface area contributed by atoms with Gasteiger partial charge in [-0.25, -0.2) is 9.97 Å². The summed E-state index contributed by atoms with van der Waals surface area (Å²) in [5.41, 5.74) is 3.53. The summed E-state index contributed by atoms with van der Waals surface area (Å²) in [5, 5.41) is 3.52. The van der Waals surface area contributed by atoms with Crippen LogP contribution in [0.5, 0.6) is 0 Å². The Kier molecular flexibility index (Phi) is 4.56. The van der Waals surface area contributed by atoms with Gasteiger partial charge in [-0.1, -0.05) is 23.1 Å². The third kappa shape index (κ3) is 3.15. The summed E-state index contributed by atoms with van der Waals surface area (Å²) < 4.78 is 3.23. The second kappa shape index (κ2) is 6.86. The van der Waals surface area contributed by atoms with E-state index in [0.717, 1.165) is 30.5 Å². The first-order chi connectivity index (χ1) is 12.5. The van der Waals surface area contributed by atoms with E-state index in [1.54, 1.807) is 23.1 Å². The number of fused-ring (bicyclic) bond motifs is 3. The highest BCUT2D eigenvalue weighted by Crippen LogP contribution is 2.38. The van der Waals surface area contributed by atoms with Crippen LogP contribution in [0.1, 0.15) is 10.4 Å². The number of thioether (sulfide) groups is 1. The maximum absolute atomic E-state index is 12.5. The lowest BCUT2D eigenvalue weighted by molar-refractivity contribution is 0.102. The van der Waals surface area contributed by atoms with E-state index in [-0.39, 0.29) is 5.91 Å². The van der Waals surface area contributed by atoms with Gasteiger partial charge in [0.05, 0.1) is 20.4 Å². The molecule has 2 heterocycles. The zero-order chi connectivity index (χ0) is 18.3. The fraction of sp³-hybridized carbons (Fsp3) is 0.167. The van der Waals surface area contributed by atoms with Gasteiger partial charge < -0.3 is 4.90 Å². The number of hydrogen-bond acceptors (Lipinski definition) is 7. The third-order valence-electron chi connectivity index (χ3n) is 3.93. The molecule has 0 unspecified atom stereocenters. The summed E-state index contributed by atoms with van der Waals surface area (Å²) in [6.07, 6.45) is 2.02. The molecule has 4 aromatic rings. The van der Waals surface area contributed by atoms with Crippen molar-refractivity contribution in [3.8, 4) is 0 Å². The molecule has 0 atom stereocenters. The van der Waals surface area contributed by atoms with Crippen LogP contribution in [0.4, 0.5) is 10.8 Å². The number of nitrogens with one attached hydrogen (secondary N) is 1. The van der Waals surface area contributed by atoms with Crippen molar-refractivity contribution >= 4 is 71.6 Å². The minimum atomic E-state index is -0.153. The van der Waals surface area contributed by atoms with E-state index in [1.807, 2.05) is 61.6 Å². The summed E-state index contributed by atoms with van der Waals surface area (Å²) in [7, 11) is 3.94. The topological polar surface area (TPSA) is 58.1 Å². The monoisotopic (exact) mass is 400 g/mol. The summed E-state index contributed by atoms with van der Waals surface area (Å²) in [4.78, 5) is 23.7. The van der Waals surface area contributed by atoms with Crippen LogP contribution in [0.3, 0.4) is 0 Å². The van der Waals surface area contributed by atoms with Crippen LogP contribution in [-0.2, 0) is 0 Å². The van der Waals surface area contributed by atoms with Crippen molar-refractivity contribution in [1.82, 2.24) is 9.97 Å². The van der Waals surface area contributed by atoms with Crippen LogP contribution in [-0.4, -0.2) is 36.2 Å². The minimum Gasteiger partial charge on any atom is -0.378 e. The number of anilines is 2. The van der Waals surface area contributed by atoms with E-state index >= 15 is 0 Å². The van der Waals surface area contributed by atoms with Crippen LogP contribution >= 0.6 is 34.4 Å². The molecule has 0 fully saturated rings. The van der Waals surface area contributed by atoms with Gasteiger partial charge in [0.15, 0.2) is 9.47 Å². The molecule has 1 N–H and O–H groups in total. The van der Waals surface area contributed by atoms with Crippen LogP contribution in [0, 0.1) is 0 Å². The molecule has 0 aliphatic heterocycles. The molecular formula is C18H16N4OS3. The van der Waals surface area contributed by atoms with Gasteiger partial charge in [0.25, 0.3) is 5.91 Å². The Bertz CT molecular complexity index is 1100. The average molecular weight is 401 g/mol. The molecule has 26 heavy (non-hydrogen) atoms. The van der Waals surface area contributed by atoms with E-state index < -0.39 is 0 Å². The van der Waals surface area contributed by atoms with Gasteiger partial charge in [0, 0.05) is 25.3 Å². The molecule has 0 saturated carbocycles. The minimum absolute atomic E-state index is 0.153. The number of benzene rings is 2. The normalized spacial score (nSPS) is 11.2. The van der Waals surface area contributed by atoms with Gasteiger partial charge in [-0.3, -0.25) is 10.1 Å². The fourth-order valence-electron chi connectivity index (χ4n) is 2.57. The Balaban J connectivity index is 1.63. The van der Waals surface area contributed by atoms with E-state index in [2.05, 4.69) is 15.3 Å². The molecule has 8 heteroatoms. The molecule has 4 rings (SSSR count). The Labute approximate surface area is 163 Å². The summed E-state index contributed by atoms with van der Waals surface area (Å²) >= 11 is 4.80. The predicted molar refractivity (Wildman–Crippen MR) is 113 cm³/mol. The summed E-state index contributed by atoms with van der Waals surface area (Å²) in [5.74, 6) is -0.153. The Morgan fingerprint density at radius 2 is 1.65 bits per heavy atom. The number of carbonyl (C=O) groups is 1. The first-order valence-electron chi connectivity index (χ1n) is 7.88. The highest BCUT2D eigenvalue weighted by molar-refractivity contribution is 8.00. The molecule has 2 aromatic heterocycles. The summed E-state index contributed by atoms with van der Waals surface area (Å²) in [6, 6.07) is 11.4. The van der Waals surface area contributed by atoms with Crippen LogP contribution < -0.4 is 10.2 Å². The first-order valence-corrected chi connectivity index (χ1v) is 10.7. The van der Waals surface area contributed by atoms with Crippen molar-refractivity contribution in [2.45, 2.75) is 4.34 Å². The van der Waals surface area contributed by atoms with Crippen LogP contribution in [0.25, 0.3) is 20.4 Å². The van der Waals surface area contributed by atoms with Crippen LogP contribution in [0.15, 0.2) is 40.7 Å². The third-order valence-corrected chi connectivity index (χ3v) is 7.14. The zero-order valence-electron chi connectivity index (χ0n) is 14.4. The fourth-order valence-corrected chi connectivity index (χ4v) is 5.23. The van der Waals surface area contributed by atoms with E-state index in [0.29, 0.717) is 10.7 Å². The van der Waals surface area contributed by atoms with Crippen molar-refractivity contribution in [3.05, 3.63) is 42.0 Å². The molecule has 132 valence electrons. The van der Waals surface area contributed by atoms with Gasteiger partial charge in [-0.15, -0.1) is 11.3 Å². The molecule has 0 aliphatic rings. The predicted octanol–water partition coefficient (Wildman–Crippen LogP) is 4.95. The Morgan fingerprint density at radius 3 is 2.31 bits per heavy atom. The quantitative estimate of drug-likeness (QED) is 0.491. The maximum Gasteiger partial charge on any atom is 0.257 e. The molecule has 0 aliphatic carbocycles. The lowest BCUT2D eigenvalue weighted by Crippen LogP contribution is -2.13. The van der Waals surface area contributed by atoms with Crippen LogP contribution in [0.2, 0.25) is 0 Å². The number of rotatable bonds is 4. The SMILES string of the molecule is CSc1nc2ccc3nc(NC(=O)c4ccc(N(C)C)cc4)sc3c2s1. The molecule has 0 saturated heterocycles. The van der Waals surface area contributed by atoms with Gasteiger partial charge >= 0.3 is 0 Å². The van der Waals surface area contributed by atoms with E-state index in [9.17, 15) is 4.79 Å². The average Bonchev–Trinajstić information content (AvgIpc) is 3.24. The standard InChI is InChI=1S/C18H16N4OS3/c1-22(2)11-6-4-10(5-7-11)16(23)21-17-19-12-8-9-13-15(14(12)25-17)26-18(20-13)24-3/h4-9H,1-3H3,(H,19,21,23). The largest absolute Gasteiger partial charge is 0.378 e. The van der Waals surface area contributed by atoms with Crippen molar-refractivity contribution in [2.24, 2.45) is 0 Å². The second-order valence-corrected chi connectivity index (χ2v) is 8.91. The Morgan fingerprint density at radius 1 is 1.00 bits per heavy atom. The number of nitrogens with zero attached hydrogens (tertiary/aromatic N) is 3. The number of aromatic nitrogens is 2. The molecule has 0 radical (unpaired) electrons. The van der Waals surface area contributed by atoms with Crippen molar-refractivity contribution in [2.75, 3.05) is 30.6 Å². The first kappa shape index (κ1) is 17.3. The number of thiazole rings is 2. The van der Waals surface area contributed by atoms with Gasteiger partial charge in [-0.05, 0) is 42.7 Å². The lowest BCUT2D eigenvalue weighted by atomic mass is 10.2. The van der Waals surface area contributed by atoms with Gasteiger partial charge in [0.1, 0.15) is 0 Å². The van der Waals surface area contributed by atoms with Crippen molar-refractivity contribution in [3.63, 3.8) is 0 Å². The molecule has 0 bridgehead atoms. The highest BCUT2D eigenvalue weighted by Gasteiger charge is 2.14. The number of carbonyl (C=O) groups excluding carboxylic acids is 1. The smallest absolute Gasteiger partial charge is 0.257 e. The van der Waals surface area contributed by atoms with E-state index in [1.165, 1.54) is 11.3 Å². The molecular weight excluding hydrogens is 384 g/mol. The lowest BCUT2D eigenvalue weighted by Gasteiger charge is -2.12. The molecule has 1 amide bonds. The second-order valence-electron chi connectivity index (χ2n) is 5.86. The van der Waals surface area contributed by atoms with Crippen molar-refractivity contribution in [1.29, 1.82) is 0 Å². The van der Waals surface area contributed by atoms with E-state index in [4.69, 9.17) is 0 Å². The Hall–Kier alpha value is -2.16. The van der Waals surface area contributed by atoms with Crippen molar-refractivity contribution < 1.29 is 4.79 Å². The van der Waals surface area contributed by atoms with Gasteiger partial charge in [0.2, 0.25) is 0 Å². The summed E-state index contributed by atoms with van der Waals surface area (Å²) in [6.45, 7) is 0. The molecule has 2 aromatic carbocycles. The molecule has 5 nitrogen and oxygen atoms in total. The maximum atomic E-state index is 12.5. The highest BCUT2D eigenvalue weighted by atomic mass is 32.2. The molecule has 0 spiro atoms. The zero-order valence-corrected chi connectivity index (χ0v) is 16.9. The number of amides is 1.